The molecule has 0 saturated heterocycles. The second-order valence-electron chi connectivity index (χ2n) is 4.76. The summed E-state index contributed by atoms with van der Waals surface area (Å²) in [6, 6.07) is 4.28. The Balaban J connectivity index is 1.92. The summed E-state index contributed by atoms with van der Waals surface area (Å²) >= 11 is 0. The summed E-state index contributed by atoms with van der Waals surface area (Å²) in [4.78, 5) is 4.48. The quantitative estimate of drug-likeness (QED) is 0.800. The normalized spacial score (nSPS) is 16.3. The Morgan fingerprint density at radius 3 is 2.78 bits per heavy atom. The molecule has 1 saturated carbocycles. The molecule has 0 amide bonds. The molecular formula is C13H15FN4. The second kappa shape index (κ2) is 4.40. The predicted molar refractivity (Wildman–Crippen MR) is 67.4 cm³/mol. The van der Waals surface area contributed by atoms with Gasteiger partial charge in [-0.25, -0.2) is 9.37 Å². The van der Waals surface area contributed by atoms with Crippen molar-refractivity contribution in [3.05, 3.63) is 29.8 Å². The molecule has 1 aromatic carbocycles. The summed E-state index contributed by atoms with van der Waals surface area (Å²) in [5.41, 5.74) is 6.83. The first-order chi connectivity index (χ1) is 8.74. The molecule has 1 aliphatic rings. The van der Waals surface area contributed by atoms with Gasteiger partial charge in [0.15, 0.2) is 5.82 Å². The topological polar surface area (TPSA) is 67.6 Å². The fourth-order valence-electron chi connectivity index (χ4n) is 2.51. The van der Waals surface area contributed by atoms with Gasteiger partial charge in [0, 0.05) is 17.2 Å². The molecule has 0 spiro atoms. The van der Waals surface area contributed by atoms with Gasteiger partial charge in [-0.2, -0.15) is 5.10 Å². The van der Waals surface area contributed by atoms with Crippen LogP contribution in [0.2, 0.25) is 0 Å². The molecule has 0 atom stereocenters. The van der Waals surface area contributed by atoms with Crippen molar-refractivity contribution in [3.8, 4) is 11.4 Å². The molecule has 5 heteroatoms. The van der Waals surface area contributed by atoms with E-state index in [1.54, 1.807) is 6.07 Å². The molecule has 1 heterocycles. The lowest BCUT2D eigenvalue weighted by Gasteiger charge is -2.03. The van der Waals surface area contributed by atoms with Crippen LogP contribution in [-0.2, 0) is 0 Å². The van der Waals surface area contributed by atoms with Crippen LogP contribution in [0.1, 0.15) is 37.4 Å². The number of H-pyrrole nitrogens is 1. The molecule has 3 rings (SSSR count). The predicted octanol–water partition coefficient (Wildman–Crippen LogP) is 2.85. The number of hydrogen-bond acceptors (Lipinski definition) is 3. The Morgan fingerprint density at radius 1 is 1.28 bits per heavy atom. The molecule has 0 radical (unpaired) electrons. The van der Waals surface area contributed by atoms with Crippen molar-refractivity contribution < 1.29 is 4.39 Å². The van der Waals surface area contributed by atoms with E-state index in [0.717, 1.165) is 18.7 Å². The third-order valence-electron chi connectivity index (χ3n) is 3.50. The monoisotopic (exact) mass is 246 g/mol. The zero-order valence-corrected chi connectivity index (χ0v) is 9.99. The average Bonchev–Trinajstić information content (AvgIpc) is 2.99. The van der Waals surface area contributed by atoms with E-state index in [1.807, 2.05) is 0 Å². The van der Waals surface area contributed by atoms with Crippen molar-refractivity contribution in [2.45, 2.75) is 31.6 Å². The van der Waals surface area contributed by atoms with Crippen LogP contribution < -0.4 is 5.73 Å². The summed E-state index contributed by atoms with van der Waals surface area (Å²) < 4.78 is 13.0. The number of anilines is 1. The van der Waals surface area contributed by atoms with E-state index in [4.69, 9.17) is 5.73 Å². The maximum atomic E-state index is 13.0. The van der Waals surface area contributed by atoms with Crippen LogP contribution >= 0.6 is 0 Å². The molecule has 1 fully saturated rings. The van der Waals surface area contributed by atoms with E-state index in [2.05, 4.69) is 15.2 Å². The molecule has 18 heavy (non-hydrogen) atoms. The van der Waals surface area contributed by atoms with Gasteiger partial charge in [-0.15, -0.1) is 0 Å². The Kier molecular flexibility index (Phi) is 2.74. The molecule has 1 aliphatic carbocycles. The van der Waals surface area contributed by atoms with E-state index in [0.29, 0.717) is 23.0 Å². The standard InChI is InChI=1S/C13H15FN4/c14-9-5-6-10(11(15)7-9)13-16-12(17-18-13)8-3-1-2-4-8/h5-8H,1-4,15H2,(H,16,17,18). The maximum Gasteiger partial charge on any atom is 0.183 e. The van der Waals surface area contributed by atoms with E-state index in [-0.39, 0.29) is 5.82 Å². The van der Waals surface area contributed by atoms with Crippen molar-refractivity contribution in [2.24, 2.45) is 0 Å². The SMILES string of the molecule is Nc1cc(F)ccc1-c1n[nH]c(C2CCCC2)n1. The largest absolute Gasteiger partial charge is 0.398 e. The van der Waals surface area contributed by atoms with E-state index in [1.165, 1.54) is 25.0 Å². The minimum absolute atomic E-state index is 0.345. The minimum atomic E-state index is -0.345. The third-order valence-corrected chi connectivity index (χ3v) is 3.50. The summed E-state index contributed by atoms with van der Waals surface area (Å²) in [5, 5.41) is 7.16. The molecule has 94 valence electrons. The Hall–Kier alpha value is -1.91. The van der Waals surface area contributed by atoms with Gasteiger partial charge in [-0.1, -0.05) is 12.8 Å². The van der Waals surface area contributed by atoms with Crippen molar-refractivity contribution >= 4 is 5.69 Å². The minimum Gasteiger partial charge on any atom is -0.398 e. The fraction of sp³-hybridized carbons (Fsp3) is 0.385. The molecule has 0 bridgehead atoms. The first-order valence-electron chi connectivity index (χ1n) is 6.22. The molecule has 3 N–H and O–H groups in total. The molecule has 0 unspecified atom stereocenters. The molecule has 4 nitrogen and oxygen atoms in total. The first-order valence-corrected chi connectivity index (χ1v) is 6.22. The van der Waals surface area contributed by atoms with Crippen molar-refractivity contribution in [2.75, 3.05) is 5.73 Å². The fourth-order valence-corrected chi connectivity index (χ4v) is 2.51. The average molecular weight is 246 g/mol. The Morgan fingerprint density at radius 2 is 2.06 bits per heavy atom. The molecule has 1 aromatic heterocycles. The van der Waals surface area contributed by atoms with Crippen LogP contribution in [0, 0.1) is 5.82 Å². The number of nitrogens with two attached hydrogens (primary N) is 1. The van der Waals surface area contributed by atoms with E-state index >= 15 is 0 Å². The number of hydrogen-bond donors (Lipinski definition) is 2. The Labute approximate surface area is 104 Å². The first kappa shape index (κ1) is 11.2. The number of nitrogen functional groups attached to an aromatic ring is 1. The van der Waals surface area contributed by atoms with Crippen LogP contribution in [0.15, 0.2) is 18.2 Å². The van der Waals surface area contributed by atoms with Gasteiger partial charge in [0.1, 0.15) is 11.6 Å². The maximum absolute atomic E-state index is 13.0. The van der Waals surface area contributed by atoms with Crippen molar-refractivity contribution in [1.82, 2.24) is 15.2 Å². The summed E-state index contributed by atoms with van der Waals surface area (Å²) in [7, 11) is 0. The van der Waals surface area contributed by atoms with Gasteiger partial charge in [0.25, 0.3) is 0 Å². The number of nitrogens with zero attached hydrogens (tertiary/aromatic N) is 2. The molecule has 0 aliphatic heterocycles. The highest BCUT2D eigenvalue weighted by Gasteiger charge is 2.21. The number of aromatic nitrogens is 3. The lowest BCUT2D eigenvalue weighted by atomic mass is 10.1. The Bertz CT molecular complexity index is 558. The number of rotatable bonds is 2. The highest BCUT2D eigenvalue weighted by molar-refractivity contribution is 5.71. The van der Waals surface area contributed by atoms with Crippen LogP contribution in [0.4, 0.5) is 10.1 Å². The lowest BCUT2D eigenvalue weighted by molar-refractivity contribution is 0.628. The van der Waals surface area contributed by atoms with Crippen LogP contribution in [0.25, 0.3) is 11.4 Å². The van der Waals surface area contributed by atoms with E-state index in [9.17, 15) is 4.39 Å². The summed E-state index contributed by atoms with van der Waals surface area (Å²) in [5.74, 6) is 1.61. The van der Waals surface area contributed by atoms with Gasteiger partial charge in [-0.3, -0.25) is 5.10 Å². The number of nitrogens with one attached hydrogen (secondary N) is 1. The zero-order valence-electron chi connectivity index (χ0n) is 9.99. The van der Waals surface area contributed by atoms with Gasteiger partial charge in [-0.05, 0) is 31.0 Å². The molecule has 2 aromatic rings. The summed E-state index contributed by atoms with van der Waals surface area (Å²) in [6.07, 6.45) is 4.82. The third kappa shape index (κ3) is 1.96. The van der Waals surface area contributed by atoms with Crippen LogP contribution in [0.3, 0.4) is 0 Å². The van der Waals surface area contributed by atoms with Crippen LogP contribution in [0.5, 0.6) is 0 Å². The van der Waals surface area contributed by atoms with Gasteiger partial charge in [0.2, 0.25) is 0 Å². The lowest BCUT2D eigenvalue weighted by Crippen LogP contribution is -1.95. The van der Waals surface area contributed by atoms with Gasteiger partial charge < -0.3 is 5.73 Å². The molecular weight excluding hydrogens is 231 g/mol. The smallest absolute Gasteiger partial charge is 0.183 e. The number of aromatic amines is 1. The zero-order chi connectivity index (χ0) is 12.5. The van der Waals surface area contributed by atoms with Gasteiger partial charge in [0.05, 0.1) is 0 Å². The van der Waals surface area contributed by atoms with Gasteiger partial charge >= 0.3 is 0 Å². The number of halogens is 1. The summed E-state index contributed by atoms with van der Waals surface area (Å²) in [6.45, 7) is 0. The highest BCUT2D eigenvalue weighted by atomic mass is 19.1. The highest BCUT2D eigenvalue weighted by Crippen LogP contribution is 2.33. The van der Waals surface area contributed by atoms with Crippen LogP contribution in [-0.4, -0.2) is 15.2 Å². The van der Waals surface area contributed by atoms with E-state index < -0.39 is 0 Å². The second-order valence-corrected chi connectivity index (χ2v) is 4.76. The number of benzene rings is 1. The van der Waals surface area contributed by atoms with Crippen molar-refractivity contribution in [1.29, 1.82) is 0 Å². The van der Waals surface area contributed by atoms with Crippen molar-refractivity contribution in [3.63, 3.8) is 0 Å².